The Kier molecular flexibility index (Phi) is 7.39. The molecule has 3 aliphatic heterocycles. The number of aliphatic carboxylic acids is 2. The number of thioether (sulfide) groups is 1. The number of hydrogen-bond donors (Lipinski definition) is 2. The summed E-state index contributed by atoms with van der Waals surface area (Å²) in [4.78, 5) is 76.6. The molecule has 5 rings (SSSR count). The van der Waals surface area contributed by atoms with Crippen molar-refractivity contribution in [3.05, 3.63) is 77.3 Å². The van der Waals surface area contributed by atoms with Crippen molar-refractivity contribution in [1.29, 1.82) is 0 Å². The molecule has 3 aliphatic rings. The minimum absolute atomic E-state index is 0.0291. The lowest BCUT2D eigenvalue weighted by Gasteiger charge is -2.50. The quantitative estimate of drug-likeness (QED) is 0.215. The lowest BCUT2D eigenvalue weighted by molar-refractivity contribution is -0.689. The van der Waals surface area contributed by atoms with E-state index in [0.29, 0.717) is 16.2 Å². The van der Waals surface area contributed by atoms with Crippen LogP contribution in [0.15, 0.2) is 66.1 Å². The van der Waals surface area contributed by atoms with E-state index >= 15 is 0 Å². The van der Waals surface area contributed by atoms with Gasteiger partial charge in [0.1, 0.15) is 17.5 Å². The van der Waals surface area contributed by atoms with Gasteiger partial charge in [-0.2, -0.15) is 0 Å². The fraction of sp³-hybridized carbons (Fsp3) is 0.296. The number of nitrogens with one attached hydrogen (secondary N) is 1. The van der Waals surface area contributed by atoms with Gasteiger partial charge in [0.05, 0.1) is 22.8 Å². The normalized spacial score (nSPS) is 20.6. The second-order valence-electron chi connectivity index (χ2n) is 9.51. The number of aromatic nitrogens is 1. The average Bonchev–Trinajstić information content (AvgIpc) is 3.19. The molecule has 2 N–H and O–H groups in total. The molecule has 4 heterocycles. The van der Waals surface area contributed by atoms with Gasteiger partial charge in [-0.15, -0.1) is 11.8 Å². The number of amides is 4. The van der Waals surface area contributed by atoms with Crippen molar-refractivity contribution in [1.82, 2.24) is 15.1 Å². The maximum Gasteiger partial charge on any atom is 0.326 e. The predicted octanol–water partition coefficient (Wildman–Crippen LogP) is -0.702. The summed E-state index contributed by atoms with van der Waals surface area (Å²) in [5.41, 5.74) is 0.583. The van der Waals surface area contributed by atoms with Gasteiger partial charge < -0.3 is 20.3 Å². The summed E-state index contributed by atoms with van der Waals surface area (Å²) in [6.07, 6.45) is 3.27. The molecule has 2 aromatic rings. The molecule has 206 valence electrons. The third kappa shape index (κ3) is 4.83. The van der Waals surface area contributed by atoms with Crippen LogP contribution in [-0.2, 0) is 25.7 Å². The molecular formula is C27H24N4O8S. The molecule has 3 atom stereocenters. The van der Waals surface area contributed by atoms with Gasteiger partial charge in [0.15, 0.2) is 18.9 Å². The zero-order chi connectivity index (χ0) is 28.6. The van der Waals surface area contributed by atoms with Crippen LogP contribution >= 0.6 is 11.8 Å². The summed E-state index contributed by atoms with van der Waals surface area (Å²) >= 11 is 1.33. The molecule has 0 bridgehead atoms. The number of benzene rings is 1. The SMILES string of the molecule is O=C(CCC[C@H](C(=O)O)N1C(=O)c2ccccc2C1=O)N[C@@H]1C(=O)N2C(C(=O)[O-])=C(C[n+]3ccccc3)CS[C@H]12. The van der Waals surface area contributed by atoms with Crippen molar-refractivity contribution in [2.45, 2.75) is 43.3 Å². The Morgan fingerprint density at radius 1 is 1.05 bits per heavy atom. The van der Waals surface area contributed by atoms with Gasteiger partial charge in [-0.05, 0) is 25.0 Å². The topological polar surface area (TPSA) is 168 Å². The molecular weight excluding hydrogens is 540 g/mol. The van der Waals surface area contributed by atoms with Gasteiger partial charge in [0, 0.05) is 29.9 Å². The molecule has 0 unspecified atom stereocenters. The zero-order valence-electron chi connectivity index (χ0n) is 21.0. The monoisotopic (exact) mass is 564 g/mol. The first-order valence-corrected chi connectivity index (χ1v) is 13.5. The van der Waals surface area contributed by atoms with Crippen LogP contribution in [-0.4, -0.2) is 73.7 Å². The summed E-state index contributed by atoms with van der Waals surface area (Å²) in [5, 5.41) is 23.6. The summed E-state index contributed by atoms with van der Waals surface area (Å²) in [5.74, 6) is -5.02. The van der Waals surface area contributed by atoms with Gasteiger partial charge in [0.2, 0.25) is 5.91 Å². The molecule has 12 nitrogen and oxygen atoms in total. The smallest absolute Gasteiger partial charge is 0.326 e. The third-order valence-corrected chi connectivity index (χ3v) is 8.35. The van der Waals surface area contributed by atoms with Gasteiger partial charge in [0.25, 0.3) is 17.7 Å². The van der Waals surface area contributed by atoms with Crippen LogP contribution in [0.25, 0.3) is 0 Å². The Labute approximate surface area is 232 Å². The fourth-order valence-electron chi connectivity index (χ4n) is 5.11. The number of carbonyl (C=O) groups excluding carboxylic acids is 5. The van der Waals surface area contributed by atoms with Gasteiger partial charge in [-0.3, -0.25) is 29.0 Å². The molecule has 0 saturated carbocycles. The number of nitrogens with zero attached hydrogens (tertiary/aromatic N) is 3. The Hall–Kier alpha value is -4.52. The lowest BCUT2D eigenvalue weighted by atomic mass is 10.0. The average molecular weight is 565 g/mol. The van der Waals surface area contributed by atoms with Crippen molar-refractivity contribution in [2.75, 3.05) is 5.75 Å². The number of hydrogen-bond acceptors (Lipinski definition) is 8. The zero-order valence-corrected chi connectivity index (χ0v) is 21.8. The van der Waals surface area contributed by atoms with E-state index in [1.165, 1.54) is 23.9 Å². The van der Waals surface area contributed by atoms with Crippen LogP contribution in [0.5, 0.6) is 0 Å². The first-order valence-electron chi connectivity index (χ1n) is 12.5. The van der Waals surface area contributed by atoms with E-state index in [0.717, 1.165) is 4.90 Å². The Morgan fingerprint density at radius 3 is 2.30 bits per heavy atom. The molecule has 0 aliphatic carbocycles. The number of imide groups is 1. The van der Waals surface area contributed by atoms with Crippen molar-refractivity contribution < 1.29 is 43.5 Å². The van der Waals surface area contributed by atoms with Crippen molar-refractivity contribution in [2.24, 2.45) is 0 Å². The fourth-order valence-corrected chi connectivity index (χ4v) is 6.44. The second-order valence-corrected chi connectivity index (χ2v) is 10.6. The van der Waals surface area contributed by atoms with Crippen LogP contribution in [0, 0.1) is 0 Å². The van der Waals surface area contributed by atoms with E-state index in [9.17, 15) is 39.0 Å². The summed E-state index contributed by atoms with van der Waals surface area (Å²) in [7, 11) is 0. The number of carboxylic acid groups (broad SMARTS) is 2. The maximum atomic E-state index is 12.9. The minimum atomic E-state index is -1.47. The van der Waals surface area contributed by atoms with Crippen LogP contribution in [0.1, 0.15) is 40.0 Å². The highest BCUT2D eigenvalue weighted by molar-refractivity contribution is 8.00. The molecule has 1 aromatic heterocycles. The van der Waals surface area contributed by atoms with E-state index in [1.54, 1.807) is 41.2 Å². The number of carbonyl (C=O) groups is 6. The Morgan fingerprint density at radius 2 is 1.70 bits per heavy atom. The standard InChI is InChI=1S/C27H24N4O8S/c32-19(10-6-9-18(26(36)37)30-22(33)16-7-2-3-8-17(16)23(30)34)28-20-24(35)31-21(27(38)39)15(14-40-25(20)31)13-29-11-4-1-5-12-29/h1-5,7-8,11-12,18,20,25H,6,9-10,13-14H2,(H2-,28,32,36,37,38,39)/t18-,20-,25-/m1/s1. The van der Waals surface area contributed by atoms with Gasteiger partial charge in [-0.25, -0.2) is 9.36 Å². The van der Waals surface area contributed by atoms with Crippen LogP contribution in [0.2, 0.25) is 0 Å². The first-order chi connectivity index (χ1) is 19.2. The lowest BCUT2D eigenvalue weighted by Crippen LogP contribution is -2.71. The molecule has 0 spiro atoms. The predicted molar refractivity (Wildman–Crippen MR) is 136 cm³/mol. The summed E-state index contributed by atoms with van der Waals surface area (Å²) in [6, 6.07) is 9.10. The van der Waals surface area contributed by atoms with E-state index in [1.807, 2.05) is 6.07 Å². The van der Waals surface area contributed by atoms with E-state index < -0.39 is 53.0 Å². The molecule has 40 heavy (non-hydrogen) atoms. The van der Waals surface area contributed by atoms with Gasteiger partial charge in [-0.1, -0.05) is 18.2 Å². The Balaban J connectivity index is 1.18. The van der Waals surface area contributed by atoms with Gasteiger partial charge >= 0.3 is 5.97 Å². The number of rotatable bonds is 10. The second kappa shape index (κ2) is 10.9. The van der Waals surface area contributed by atoms with Crippen molar-refractivity contribution in [3.63, 3.8) is 0 Å². The molecule has 13 heteroatoms. The minimum Gasteiger partial charge on any atom is -0.543 e. The highest BCUT2D eigenvalue weighted by atomic mass is 32.2. The largest absolute Gasteiger partial charge is 0.543 e. The third-order valence-electron chi connectivity index (χ3n) is 7.01. The molecule has 0 radical (unpaired) electrons. The summed E-state index contributed by atoms with van der Waals surface area (Å²) in [6.45, 7) is 0.266. The van der Waals surface area contributed by atoms with Crippen molar-refractivity contribution in [3.8, 4) is 0 Å². The number of β-lactam (4-membered cyclic amide) rings is 1. The van der Waals surface area contributed by atoms with E-state index in [-0.39, 0.29) is 42.6 Å². The highest BCUT2D eigenvalue weighted by Crippen LogP contribution is 2.40. The number of fused-ring (bicyclic) bond motifs is 2. The molecule has 1 fully saturated rings. The first kappa shape index (κ1) is 27.1. The molecule has 1 aromatic carbocycles. The van der Waals surface area contributed by atoms with Crippen LogP contribution < -0.4 is 15.0 Å². The van der Waals surface area contributed by atoms with E-state index in [2.05, 4.69) is 5.32 Å². The van der Waals surface area contributed by atoms with E-state index in [4.69, 9.17) is 0 Å². The summed E-state index contributed by atoms with van der Waals surface area (Å²) < 4.78 is 1.79. The van der Waals surface area contributed by atoms with Crippen LogP contribution in [0.3, 0.4) is 0 Å². The molecule has 4 amide bonds. The maximum absolute atomic E-state index is 12.9. The highest BCUT2D eigenvalue weighted by Gasteiger charge is 2.53. The van der Waals surface area contributed by atoms with Crippen LogP contribution in [0.4, 0.5) is 0 Å². The Bertz CT molecular complexity index is 1420. The van der Waals surface area contributed by atoms with Crippen molar-refractivity contribution >= 4 is 47.3 Å². The number of pyridine rings is 1. The number of carboxylic acids is 2. The molecule has 1 saturated heterocycles.